The van der Waals surface area contributed by atoms with E-state index in [1.54, 1.807) is 12.1 Å². The van der Waals surface area contributed by atoms with Gasteiger partial charge in [0.1, 0.15) is 5.69 Å². The smallest absolute Gasteiger partial charge is 0.355 e. The van der Waals surface area contributed by atoms with Crippen LogP contribution in [0.1, 0.15) is 29.7 Å². The van der Waals surface area contributed by atoms with Crippen LogP contribution in [-0.4, -0.2) is 21.0 Å². The molecule has 5 rings (SSSR count). The van der Waals surface area contributed by atoms with E-state index < -0.39 is 23.5 Å². The molecule has 1 aromatic carbocycles. The first-order valence-corrected chi connectivity index (χ1v) is 11.1. The van der Waals surface area contributed by atoms with Crippen molar-refractivity contribution in [3.8, 4) is 11.4 Å². The van der Waals surface area contributed by atoms with Gasteiger partial charge in [-0.2, -0.15) is 26.3 Å². The van der Waals surface area contributed by atoms with Gasteiger partial charge in [0.25, 0.3) is 0 Å². The SMILES string of the molecule is FC(F)(F)c1ccc(Nc2cc(CNC3CC3)nc3nc(-c4ncccc4C(F)(F)F)ccc23)cc1. The van der Waals surface area contributed by atoms with Crippen molar-refractivity contribution in [2.24, 2.45) is 0 Å². The maximum atomic E-state index is 13.5. The molecule has 0 amide bonds. The number of pyridine rings is 3. The highest BCUT2D eigenvalue weighted by atomic mass is 19.4. The van der Waals surface area contributed by atoms with Crippen LogP contribution in [0.2, 0.25) is 0 Å². The molecule has 1 saturated carbocycles. The van der Waals surface area contributed by atoms with Crippen molar-refractivity contribution in [1.82, 2.24) is 20.3 Å². The molecule has 0 aliphatic heterocycles. The second kappa shape index (κ2) is 9.05. The number of aromatic nitrogens is 3. The van der Waals surface area contributed by atoms with Crippen LogP contribution in [0.4, 0.5) is 37.7 Å². The monoisotopic (exact) mass is 503 g/mol. The molecule has 11 heteroatoms. The van der Waals surface area contributed by atoms with Crippen molar-refractivity contribution in [2.45, 2.75) is 37.8 Å². The van der Waals surface area contributed by atoms with Crippen molar-refractivity contribution in [3.05, 3.63) is 77.6 Å². The number of halogens is 6. The maximum absolute atomic E-state index is 13.5. The molecule has 0 bridgehead atoms. The molecule has 4 aromatic rings. The second-order valence-corrected chi connectivity index (χ2v) is 8.48. The molecule has 2 N–H and O–H groups in total. The minimum absolute atomic E-state index is 0.00991. The van der Waals surface area contributed by atoms with Gasteiger partial charge in [-0.1, -0.05) is 0 Å². The van der Waals surface area contributed by atoms with Gasteiger partial charge in [-0.25, -0.2) is 9.97 Å². The van der Waals surface area contributed by atoms with Crippen molar-refractivity contribution in [2.75, 3.05) is 5.32 Å². The van der Waals surface area contributed by atoms with Gasteiger partial charge in [0.2, 0.25) is 0 Å². The molecule has 5 nitrogen and oxygen atoms in total. The summed E-state index contributed by atoms with van der Waals surface area (Å²) in [6.07, 6.45) is -5.71. The molecule has 186 valence electrons. The third-order valence-corrected chi connectivity index (χ3v) is 5.72. The van der Waals surface area contributed by atoms with Crippen molar-refractivity contribution in [1.29, 1.82) is 0 Å². The van der Waals surface area contributed by atoms with Crippen LogP contribution in [0.15, 0.2) is 60.8 Å². The molecule has 0 saturated heterocycles. The first-order chi connectivity index (χ1) is 17.1. The van der Waals surface area contributed by atoms with E-state index in [2.05, 4.69) is 25.6 Å². The summed E-state index contributed by atoms with van der Waals surface area (Å²) in [5.41, 5.74) is -0.284. The number of nitrogens with zero attached hydrogens (tertiary/aromatic N) is 3. The van der Waals surface area contributed by atoms with Crippen LogP contribution >= 0.6 is 0 Å². The van der Waals surface area contributed by atoms with Gasteiger partial charge in [0.05, 0.1) is 28.2 Å². The van der Waals surface area contributed by atoms with E-state index in [0.717, 1.165) is 31.0 Å². The van der Waals surface area contributed by atoms with Crippen LogP contribution in [0.5, 0.6) is 0 Å². The summed E-state index contributed by atoms with van der Waals surface area (Å²) in [6, 6.07) is 11.8. The van der Waals surface area contributed by atoms with Crippen molar-refractivity contribution >= 4 is 22.4 Å². The Labute approximate surface area is 201 Å². The van der Waals surface area contributed by atoms with E-state index in [1.165, 1.54) is 30.5 Å². The molecule has 3 heterocycles. The lowest BCUT2D eigenvalue weighted by molar-refractivity contribution is -0.138. The van der Waals surface area contributed by atoms with E-state index in [0.29, 0.717) is 35.0 Å². The molecule has 36 heavy (non-hydrogen) atoms. The Bertz CT molecular complexity index is 1400. The summed E-state index contributed by atoms with van der Waals surface area (Å²) in [6.45, 7) is 0.408. The van der Waals surface area contributed by atoms with Crippen LogP contribution in [0, 0.1) is 0 Å². The number of hydrogen-bond acceptors (Lipinski definition) is 5. The van der Waals surface area contributed by atoms with E-state index >= 15 is 0 Å². The molecule has 0 unspecified atom stereocenters. The number of alkyl halides is 6. The van der Waals surface area contributed by atoms with E-state index in [-0.39, 0.29) is 17.0 Å². The highest BCUT2D eigenvalue weighted by Crippen LogP contribution is 2.36. The molecule has 3 aromatic heterocycles. The average Bonchev–Trinajstić information content (AvgIpc) is 3.66. The first kappa shape index (κ1) is 24.0. The van der Waals surface area contributed by atoms with Crippen LogP contribution in [0.3, 0.4) is 0 Å². The fourth-order valence-electron chi connectivity index (χ4n) is 3.75. The standard InChI is InChI=1S/C25H19F6N5/c26-24(27,28)14-3-5-16(6-4-14)34-21-12-17(13-33-15-7-8-15)35-23-18(21)9-10-20(36-23)22-19(25(29,30)31)2-1-11-32-22/h1-6,9-12,15,33H,7-8,13H2,(H,34,35,36). The number of rotatable bonds is 6. The number of hydrogen-bond donors (Lipinski definition) is 2. The zero-order valence-corrected chi connectivity index (χ0v) is 18.6. The van der Waals surface area contributed by atoms with E-state index in [1.807, 2.05) is 0 Å². The zero-order valence-electron chi connectivity index (χ0n) is 18.6. The molecular weight excluding hydrogens is 484 g/mol. The van der Waals surface area contributed by atoms with E-state index in [4.69, 9.17) is 0 Å². The van der Waals surface area contributed by atoms with Gasteiger partial charge in [-0.05, 0) is 67.4 Å². The summed E-state index contributed by atoms with van der Waals surface area (Å²) in [4.78, 5) is 12.8. The summed E-state index contributed by atoms with van der Waals surface area (Å²) >= 11 is 0. The van der Waals surface area contributed by atoms with Gasteiger partial charge in [0.15, 0.2) is 5.65 Å². The third-order valence-electron chi connectivity index (χ3n) is 5.72. The minimum atomic E-state index is -4.61. The molecular formula is C25H19F6N5. The lowest BCUT2D eigenvalue weighted by Gasteiger charge is -2.15. The Morgan fingerprint density at radius 3 is 2.28 bits per heavy atom. The molecule has 1 aliphatic carbocycles. The topological polar surface area (TPSA) is 62.7 Å². The number of anilines is 2. The summed E-state index contributed by atoms with van der Waals surface area (Å²) in [7, 11) is 0. The second-order valence-electron chi connectivity index (χ2n) is 8.48. The average molecular weight is 503 g/mol. The summed E-state index contributed by atoms with van der Waals surface area (Å²) in [5.74, 6) is 0. The first-order valence-electron chi connectivity index (χ1n) is 11.1. The minimum Gasteiger partial charge on any atom is -0.355 e. The lowest BCUT2D eigenvalue weighted by Crippen LogP contribution is -2.16. The molecule has 1 fully saturated rings. The summed E-state index contributed by atoms with van der Waals surface area (Å²) in [5, 5.41) is 6.92. The van der Waals surface area contributed by atoms with Crippen molar-refractivity contribution < 1.29 is 26.3 Å². The highest BCUT2D eigenvalue weighted by Gasteiger charge is 2.35. The Kier molecular flexibility index (Phi) is 6.03. The number of fused-ring (bicyclic) bond motifs is 1. The Morgan fingerprint density at radius 2 is 1.61 bits per heavy atom. The van der Waals surface area contributed by atoms with Gasteiger partial charge >= 0.3 is 12.4 Å². The Morgan fingerprint density at radius 1 is 0.861 bits per heavy atom. The normalized spacial score (nSPS) is 14.3. The fraction of sp³-hybridized carbons (Fsp3) is 0.240. The van der Waals surface area contributed by atoms with E-state index in [9.17, 15) is 26.3 Å². The number of nitrogens with one attached hydrogen (secondary N) is 2. The third kappa shape index (κ3) is 5.25. The quantitative estimate of drug-likeness (QED) is 0.286. The zero-order chi connectivity index (χ0) is 25.5. The predicted molar refractivity (Wildman–Crippen MR) is 122 cm³/mol. The van der Waals surface area contributed by atoms with Gasteiger partial charge < -0.3 is 10.6 Å². The largest absolute Gasteiger partial charge is 0.418 e. The lowest BCUT2D eigenvalue weighted by atomic mass is 10.1. The van der Waals surface area contributed by atoms with Gasteiger partial charge in [-0.15, -0.1) is 0 Å². The van der Waals surface area contributed by atoms with Gasteiger partial charge in [0, 0.05) is 29.9 Å². The van der Waals surface area contributed by atoms with Crippen LogP contribution in [-0.2, 0) is 18.9 Å². The van der Waals surface area contributed by atoms with Gasteiger partial charge in [-0.3, -0.25) is 4.98 Å². The number of benzene rings is 1. The van der Waals surface area contributed by atoms with Crippen LogP contribution < -0.4 is 10.6 Å². The maximum Gasteiger partial charge on any atom is 0.418 e. The molecule has 0 spiro atoms. The van der Waals surface area contributed by atoms with Crippen molar-refractivity contribution in [3.63, 3.8) is 0 Å². The summed E-state index contributed by atoms with van der Waals surface area (Å²) < 4.78 is 79.4. The Balaban J connectivity index is 1.55. The molecule has 0 atom stereocenters. The molecule has 1 aliphatic rings. The molecule has 0 radical (unpaired) electrons. The van der Waals surface area contributed by atoms with Crippen LogP contribution in [0.25, 0.3) is 22.4 Å². The Hall–Kier alpha value is -3.73. The highest BCUT2D eigenvalue weighted by molar-refractivity contribution is 5.92. The fourth-order valence-corrected chi connectivity index (χ4v) is 3.75. The predicted octanol–water partition coefficient (Wildman–Crippen LogP) is 6.73.